The molecule has 0 radical (unpaired) electrons. The molecule has 3 N–H and O–H groups in total. The van der Waals surface area contributed by atoms with E-state index in [1.54, 1.807) is 0 Å². The summed E-state index contributed by atoms with van der Waals surface area (Å²) in [6.45, 7) is 4.02. The van der Waals surface area contributed by atoms with Crippen LogP contribution in [0.3, 0.4) is 0 Å². The molecule has 4 aromatic carbocycles. The monoisotopic (exact) mass is 926 g/mol. The molecule has 49 heavy (non-hydrogen) atoms. The Morgan fingerprint density at radius 2 is 1.06 bits per heavy atom. The Kier molecular flexibility index (Phi) is 8.28. The number of carbonyl (C=O) groups is 3. The average molecular weight is 930 g/mol. The smallest absolute Gasteiger partial charge is 0.303 e. The Bertz CT molecular complexity index is 2650. The number of aliphatic hydroxyl groups excluding tert-OH is 1. The molecule has 0 fully saturated rings. The molecule has 2 unspecified atom stereocenters. The molecule has 0 amide bonds. The van der Waals surface area contributed by atoms with Gasteiger partial charge in [-0.15, -0.1) is 0 Å². The minimum absolute atomic E-state index is 0.0952. The largest absolute Gasteiger partial charge is 0.506 e. The summed E-state index contributed by atoms with van der Waals surface area (Å²) in [4.78, 5) is 38.0. The lowest BCUT2D eigenvalue weighted by Gasteiger charge is -2.11. The first-order valence-corrected chi connectivity index (χ1v) is 17.0. The summed E-state index contributed by atoms with van der Waals surface area (Å²) >= 11 is 12.6. The highest BCUT2D eigenvalue weighted by molar-refractivity contribution is 9.11. The van der Waals surface area contributed by atoms with E-state index < -0.39 is 78.1 Å². The zero-order valence-electron chi connectivity index (χ0n) is 33.3. The Hall–Kier alpha value is -3.75. The van der Waals surface area contributed by atoms with Crippen molar-refractivity contribution in [1.82, 2.24) is 0 Å². The van der Waals surface area contributed by atoms with Crippen molar-refractivity contribution in [2.45, 2.75) is 33.0 Å². The second-order valence-corrected chi connectivity index (χ2v) is 13.7. The van der Waals surface area contributed by atoms with Crippen LogP contribution < -0.4 is 0 Å². The number of ketones is 2. The number of carbonyl (C=O) groups excluding carboxylic acids is 3. The number of phenols is 2. The molecule has 0 bridgehead atoms. The highest BCUT2D eigenvalue weighted by Gasteiger charge is 2.28. The molecule has 2 atom stereocenters. The van der Waals surface area contributed by atoms with E-state index in [1.165, 1.54) is 45.0 Å². The van der Waals surface area contributed by atoms with E-state index in [2.05, 4.69) is 63.7 Å². The van der Waals surface area contributed by atoms with Crippen LogP contribution in [0.1, 0.15) is 87.3 Å². The summed E-state index contributed by atoms with van der Waals surface area (Å²) in [6.07, 6.45) is -2.25. The maximum atomic E-state index is 13.4. The molecule has 0 aliphatic rings. The van der Waals surface area contributed by atoms with Crippen molar-refractivity contribution in [3.05, 3.63) is 124 Å². The third-order valence-electron chi connectivity index (χ3n) is 6.83. The number of aliphatic hydroxyl groups is 1. The lowest BCUT2D eigenvalue weighted by molar-refractivity contribution is -0.146. The molecule has 6 aromatic rings. The van der Waals surface area contributed by atoms with Crippen LogP contribution in [0.5, 0.6) is 11.5 Å². The predicted octanol–water partition coefficient (Wildman–Crippen LogP) is 10.5. The fraction of sp³-hybridized carbons (Fsp3) is 0.139. The lowest BCUT2D eigenvalue weighted by Crippen LogP contribution is -2.10. The van der Waals surface area contributed by atoms with E-state index in [1.807, 2.05) is 0 Å². The molecule has 2 aromatic heterocycles. The number of fused-ring (bicyclic) bond motifs is 2. The van der Waals surface area contributed by atoms with Gasteiger partial charge in [0.2, 0.25) is 0 Å². The zero-order chi connectivity index (χ0) is 42.7. The Balaban J connectivity index is 0.000000219. The number of ether oxygens (including phenoxy) is 1. The number of furan rings is 2. The number of aromatic hydroxyl groups is 2. The maximum absolute atomic E-state index is 13.4. The van der Waals surface area contributed by atoms with E-state index in [9.17, 15) is 29.7 Å². The molecule has 0 spiro atoms. The lowest BCUT2D eigenvalue weighted by atomic mass is 9.98. The number of rotatable bonds is 7. The molecule has 13 heteroatoms. The number of esters is 1. The molecule has 0 aliphatic heterocycles. The van der Waals surface area contributed by atoms with Crippen LogP contribution in [-0.4, -0.2) is 32.9 Å². The molecule has 6 rings (SSSR count). The molecule has 2 heterocycles. The average Bonchev–Trinajstić information content (AvgIpc) is 3.76. The van der Waals surface area contributed by atoms with Gasteiger partial charge in [0, 0.05) is 28.8 Å². The Morgan fingerprint density at radius 3 is 1.45 bits per heavy atom. The molecule has 0 aliphatic carbocycles. The van der Waals surface area contributed by atoms with E-state index >= 15 is 0 Å². The topological polar surface area (TPSA) is 147 Å². The van der Waals surface area contributed by atoms with Gasteiger partial charge in [0.25, 0.3) is 0 Å². The van der Waals surface area contributed by atoms with E-state index in [0.717, 1.165) is 0 Å². The van der Waals surface area contributed by atoms with Gasteiger partial charge in [0.15, 0.2) is 23.4 Å². The van der Waals surface area contributed by atoms with Crippen LogP contribution >= 0.6 is 63.7 Å². The van der Waals surface area contributed by atoms with Gasteiger partial charge in [0.1, 0.15) is 34.5 Å². The third kappa shape index (κ3) is 7.56. The van der Waals surface area contributed by atoms with Gasteiger partial charge in [-0.2, -0.15) is 0 Å². The minimum atomic E-state index is -1.22. The van der Waals surface area contributed by atoms with Crippen LogP contribution in [0.15, 0.2) is 99.3 Å². The summed E-state index contributed by atoms with van der Waals surface area (Å²) in [5, 5.41) is 29.6. The molecular weight excluding hydrogens is 896 g/mol. The number of hydrogen-bond donors (Lipinski definition) is 3. The summed E-state index contributed by atoms with van der Waals surface area (Å²) < 4.78 is 81.2. The third-order valence-corrected chi connectivity index (χ3v) is 9.24. The summed E-state index contributed by atoms with van der Waals surface area (Å²) in [5.41, 5.74) is -0.458. The molecule has 9 nitrogen and oxygen atoms in total. The van der Waals surface area contributed by atoms with Crippen molar-refractivity contribution < 1.29 is 54.2 Å². The van der Waals surface area contributed by atoms with E-state index in [-0.39, 0.29) is 85.1 Å². The quantitative estimate of drug-likeness (QED) is 0.105. The van der Waals surface area contributed by atoms with E-state index in [4.69, 9.17) is 24.5 Å². The predicted molar refractivity (Wildman–Crippen MR) is 197 cm³/mol. The fourth-order valence-electron chi connectivity index (χ4n) is 4.69. The van der Waals surface area contributed by atoms with Crippen LogP contribution in [0.4, 0.5) is 0 Å². The summed E-state index contributed by atoms with van der Waals surface area (Å²) in [5.74, 6) is -2.33. The standard InChI is InChI=1S/C19H14Br2O5.C17H12Br2O4/c1-9(25-10(2)22)19-16(12-5-3-4-6-15(12)26-19)17(23)11-7-13(20)18(24)14(21)8-11;1-8(20)17-14(10-4-2-3-5-13(10)23-17)15(21)9-6-11(18)16(22)12(19)7-9/h3-9,24H,1-2H3;2-8,20,22H,1H3/i3D,4D,5D,6D;2D,3D,4D,5D. The van der Waals surface area contributed by atoms with Crippen LogP contribution in [-0.2, 0) is 9.53 Å². The first-order chi connectivity index (χ1) is 26.5. The van der Waals surface area contributed by atoms with Crippen LogP contribution in [0.25, 0.3) is 21.9 Å². The molecule has 0 saturated heterocycles. The normalized spacial score (nSPS) is 14.6. The van der Waals surface area contributed by atoms with E-state index in [0.29, 0.717) is 0 Å². The van der Waals surface area contributed by atoms with Crippen molar-refractivity contribution >= 4 is 103 Å². The second-order valence-electron chi connectivity index (χ2n) is 10.3. The molecule has 0 saturated carbocycles. The first kappa shape index (κ1) is 27.0. The van der Waals surface area contributed by atoms with Gasteiger partial charge >= 0.3 is 5.97 Å². The number of hydrogen-bond acceptors (Lipinski definition) is 9. The Morgan fingerprint density at radius 1 is 0.694 bits per heavy atom. The summed E-state index contributed by atoms with van der Waals surface area (Å²) in [7, 11) is 0. The van der Waals surface area contributed by atoms with Gasteiger partial charge in [0.05, 0.1) is 40.0 Å². The van der Waals surface area contributed by atoms with Crippen LogP contribution in [0.2, 0.25) is 0 Å². The Labute approximate surface area is 324 Å². The van der Waals surface area contributed by atoms with Crippen molar-refractivity contribution in [2.75, 3.05) is 0 Å². The number of phenolic OH excluding ortho intramolecular Hbond substituents is 2. The SMILES string of the molecule is [2H]c1c([2H])c([2H])c2c(C(=O)c3cc(Br)c(O)c(Br)c3)c(C(C)O)oc2c1[2H].[2H]c1c([2H])c([2H])c2c(C(=O)c3cc(Br)c(O)c(Br)c3)c(C(C)OC(C)=O)oc2c1[2H]. The summed E-state index contributed by atoms with van der Waals surface area (Å²) in [6, 6.07) is 1.69. The highest BCUT2D eigenvalue weighted by atomic mass is 79.9. The van der Waals surface area contributed by atoms with Gasteiger partial charge in [-0.1, -0.05) is 36.3 Å². The molecular formula is C36H26Br4O9. The van der Waals surface area contributed by atoms with Crippen molar-refractivity contribution in [2.24, 2.45) is 0 Å². The van der Waals surface area contributed by atoms with Gasteiger partial charge < -0.3 is 28.9 Å². The number of halogens is 4. The first-order valence-electron chi connectivity index (χ1n) is 17.9. The zero-order valence-corrected chi connectivity index (χ0v) is 31.6. The highest BCUT2D eigenvalue weighted by Crippen LogP contribution is 2.39. The minimum Gasteiger partial charge on any atom is -0.506 e. The van der Waals surface area contributed by atoms with Crippen molar-refractivity contribution in [1.29, 1.82) is 0 Å². The molecule has 252 valence electrons. The maximum Gasteiger partial charge on any atom is 0.303 e. The van der Waals surface area contributed by atoms with Gasteiger partial charge in [-0.3, -0.25) is 14.4 Å². The van der Waals surface area contributed by atoms with Gasteiger partial charge in [-0.25, -0.2) is 0 Å². The number of benzene rings is 4. The van der Waals surface area contributed by atoms with Crippen molar-refractivity contribution in [3.8, 4) is 11.5 Å². The fourth-order valence-corrected chi connectivity index (χ4v) is 7.06. The van der Waals surface area contributed by atoms with Crippen molar-refractivity contribution in [3.63, 3.8) is 0 Å². The number of para-hydroxylation sites is 2. The van der Waals surface area contributed by atoms with Crippen LogP contribution in [0, 0.1) is 0 Å². The second kappa shape index (κ2) is 15.0. The van der Waals surface area contributed by atoms with Gasteiger partial charge in [-0.05, 0) is 114 Å².